The van der Waals surface area contributed by atoms with Crippen molar-refractivity contribution in [2.24, 2.45) is 16.6 Å². The van der Waals surface area contributed by atoms with Crippen LogP contribution in [0, 0.1) is 5.92 Å². The molecule has 5 heteroatoms. The highest BCUT2D eigenvalue weighted by Gasteiger charge is 2.19. The number of guanidine groups is 1. The van der Waals surface area contributed by atoms with E-state index in [1.165, 1.54) is 25.9 Å². The zero-order chi connectivity index (χ0) is 15.8. The topological polar surface area (TPSA) is 66.5 Å². The van der Waals surface area contributed by atoms with Crippen LogP contribution in [0.25, 0.3) is 0 Å². The molecule has 1 aliphatic rings. The number of pyridine rings is 1. The van der Waals surface area contributed by atoms with E-state index in [1.54, 1.807) is 0 Å². The van der Waals surface area contributed by atoms with Crippen LogP contribution in [-0.4, -0.2) is 48.1 Å². The first-order valence-electron chi connectivity index (χ1n) is 8.33. The molecule has 1 aliphatic heterocycles. The predicted octanol–water partition coefficient (Wildman–Crippen LogP) is 1.65. The van der Waals surface area contributed by atoms with Crippen molar-refractivity contribution in [2.45, 2.75) is 39.2 Å². The number of likely N-dealkylation sites (tertiary alicyclic amines) is 1. The molecule has 22 heavy (non-hydrogen) atoms. The minimum absolute atomic E-state index is 0.462. The van der Waals surface area contributed by atoms with Crippen molar-refractivity contribution in [1.82, 2.24) is 15.2 Å². The Hall–Kier alpha value is -1.62. The predicted molar refractivity (Wildman–Crippen MR) is 91.9 cm³/mol. The number of nitrogens with two attached hydrogens (primary N) is 1. The summed E-state index contributed by atoms with van der Waals surface area (Å²) in [6, 6.07) is 6.41. The molecule has 1 unspecified atom stereocenters. The van der Waals surface area contributed by atoms with Crippen molar-refractivity contribution in [3.8, 4) is 0 Å². The average Bonchev–Trinajstić information content (AvgIpc) is 2.54. The van der Waals surface area contributed by atoms with E-state index in [9.17, 15) is 0 Å². The number of hydrogen-bond acceptors (Lipinski definition) is 3. The molecule has 3 N–H and O–H groups in total. The smallest absolute Gasteiger partial charge is 0.188 e. The van der Waals surface area contributed by atoms with Crippen molar-refractivity contribution in [2.75, 3.05) is 26.2 Å². The zero-order valence-corrected chi connectivity index (χ0v) is 13.8. The standard InChI is InChI=1S/C17H29N5/c1-14-7-11-22(12-8-14)15(2)13-21-17(18)20-10-6-16-5-3-4-9-19-16/h3-5,9,14-15H,6-8,10-13H2,1-2H3,(H3,18,20,21). The second-order valence-corrected chi connectivity index (χ2v) is 6.29. The maximum absolute atomic E-state index is 5.94. The number of hydrogen-bond donors (Lipinski definition) is 2. The van der Waals surface area contributed by atoms with Crippen LogP contribution in [0.3, 0.4) is 0 Å². The molecule has 0 aliphatic carbocycles. The van der Waals surface area contributed by atoms with Gasteiger partial charge in [-0.2, -0.15) is 0 Å². The molecular formula is C17H29N5. The van der Waals surface area contributed by atoms with Crippen LogP contribution in [-0.2, 0) is 6.42 Å². The molecule has 2 rings (SSSR count). The van der Waals surface area contributed by atoms with E-state index in [0.29, 0.717) is 12.0 Å². The molecule has 0 radical (unpaired) electrons. The quantitative estimate of drug-likeness (QED) is 0.619. The van der Waals surface area contributed by atoms with E-state index in [0.717, 1.165) is 31.1 Å². The highest BCUT2D eigenvalue weighted by molar-refractivity contribution is 5.77. The molecule has 1 aromatic heterocycles. The zero-order valence-electron chi connectivity index (χ0n) is 13.8. The van der Waals surface area contributed by atoms with Crippen molar-refractivity contribution in [1.29, 1.82) is 0 Å². The van der Waals surface area contributed by atoms with Gasteiger partial charge in [-0.3, -0.25) is 14.9 Å². The summed E-state index contributed by atoms with van der Waals surface area (Å²) in [5, 5.41) is 3.17. The largest absolute Gasteiger partial charge is 0.370 e. The number of nitrogens with one attached hydrogen (secondary N) is 1. The fourth-order valence-corrected chi connectivity index (χ4v) is 2.74. The van der Waals surface area contributed by atoms with Gasteiger partial charge in [0, 0.05) is 30.9 Å². The first-order valence-corrected chi connectivity index (χ1v) is 8.33. The van der Waals surface area contributed by atoms with Crippen molar-refractivity contribution >= 4 is 5.96 Å². The Labute approximate surface area is 134 Å². The van der Waals surface area contributed by atoms with Gasteiger partial charge in [0.1, 0.15) is 0 Å². The van der Waals surface area contributed by atoms with Gasteiger partial charge in [0.25, 0.3) is 0 Å². The van der Waals surface area contributed by atoms with Gasteiger partial charge in [-0.25, -0.2) is 0 Å². The number of nitrogens with zero attached hydrogens (tertiary/aromatic N) is 3. The number of aliphatic imine (C=N–C) groups is 1. The van der Waals surface area contributed by atoms with E-state index in [-0.39, 0.29) is 0 Å². The molecular weight excluding hydrogens is 274 g/mol. The summed E-state index contributed by atoms with van der Waals surface area (Å²) in [5.74, 6) is 1.40. The molecule has 1 saturated heterocycles. The van der Waals surface area contributed by atoms with Gasteiger partial charge in [0.2, 0.25) is 0 Å². The SMILES string of the molecule is CC1CCN(C(C)CN=C(N)NCCc2ccccn2)CC1. The maximum Gasteiger partial charge on any atom is 0.188 e. The van der Waals surface area contributed by atoms with Gasteiger partial charge in [-0.15, -0.1) is 0 Å². The van der Waals surface area contributed by atoms with Crippen LogP contribution in [0.4, 0.5) is 0 Å². The van der Waals surface area contributed by atoms with Crippen LogP contribution in [0.5, 0.6) is 0 Å². The highest BCUT2D eigenvalue weighted by atomic mass is 15.2. The lowest BCUT2D eigenvalue weighted by molar-refractivity contribution is 0.150. The molecule has 5 nitrogen and oxygen atoms in total. The van der Waals surface area contributed by atoms with Crippen molar-refractivity contribution < 1.29 is 0 Å². The van der Waals surface area contributed by atoms with Gasteiger partial charge in [0.05, 0.1) is 6.54 Å². The summed E-state index contributed by atoms with van der Waals surface area (Å²) < 4.78 is 0. The Morgan fingerprint density at radius 3 is 2.91 bits per heavy atom. The van der Waals surface area contributed by atoms with Gasteiger partial charge >= 0.3 is 0 Å². The minimum Gasteiger partial charge on any atom is -0.370 e. The van der Waals surface area contributed by atoms with Crippen molar-refractivity contribution in [3.05, 3.63) is 30.1 Å². The maximum atomic E-state index is 5.94. The summed E-state index contributed by atoms with van der Waals surface area (Å²) in [4.78, 5) is 11.3. The Morgan fingerprint density at radius 1 is 1.45 bits per heavy atom. The Balaban J connectivity index is 1.66. The van der Waals surface area contributed by atoms with Gasteiger partial charge < -0.3 is 11.1 Å². The summed E-state index contributed by atoms with van der Waals surface area (Å²) in [7, 11) is 0. The fraction of sp³-hybridized carbons (Fsp3) is 0.647. The van der Waals surface area contributed by atoms with Crippen molar-refractivity contribution in [3.63, 3.8) is 0 Å². The summed E-state index contributed by atoms with van der Waals surface area (Å²) in [5.41, 5.74) is 7.01. The Morgan fingerprint density at radius 2 is 2.23 bits per heavy atom. The van der Waals surface area contributed by atoms with Gasteiger partial charge in [0.15, 0.2) is 5.96 Å². The van der Waals surface area contributed by atoms with E-state index in [4.69, 9.17) is 5.73 Å². The third-order valence-electron chi connectivity index (χ3n) is 4.38. The minimum atomic E-state index is 0.462. The molecule has 1 fully saturated rings. The second kappa shape index (κ2) is 8.73. The summed E-state index contributed by atoms with van der Waals surface area (Å²) >= 11 is 0. The average molecular weight is 303 g/mol. The molecule has 1 aromatic rings. The monoisotopic (exact) mass is 303 g/mol. The number of rotatable bonds is 6. The molecule has 0 saturated carbocycles. The highest BCUT2D eigenvalue weighted by Crippen LogP contribution is 2.17. The molecule has 2 heterocycles. The lowest BCUT2D eigenvalue weighted by atomic mass is 9.98. The normalized spacial score (nSPS) is 19.1. The van der Waals surface area contributed by atoms with Gasteiger partial charge in [-0.1, -0.05) is 13.0 Å². The van der Waals surface area contributed by atoms with Crippen LogP contribution < -0.4 is 11.1 Å². The first kappa shape index (κ1) is 16.7. The first-order chi connectivity index (χ1) is 10.6. The molecule has 122 valence electrons. The van der Waals surface area contributed by atoms with Crippen LogP contribution in [0.2, 0.25) is 0 Å². The number of aromatic nitrogens is 1. The Kier molecular flexibility index (Phi) is 6.65. The lowest BCUT2D eigenvalue weighted by Crippen LogP contribution is -2.42. The van der Waals surface area contributed by atoms with E-state index >= 15 is 0 Å². The second-order valence-electron chi connectivity index (χ2n) is 6.29. The molecule has 0 aromatic carbocycles. The molecule has 0 bridgehead atoms. The van der Waals surface area contributed by atoms with E-state index in [1.807, 2.05) is 24.4 Å². The van der Waals surface area contributed by atoms with Crippen LogP contribution in [0.15, 0.2) is 29.4 Å². The number of piperidine rings is 1. The molecule has 0 amide bonds. The molecule has 1 atom stereocenters. The third-order valence-corrected chi connectivity index (χ3v) is 4.38. The lowest BCUT2D eigenvalue weighted by Gasteiger charge is -2.34. The summed E-state index contributed by atoms with van der Waals surface area (Å²) in [6.07, 6.45) is 5.27. The van der Waals surface area contributed by atoms with Crippen LogP contribution >= 0.6 is 0 Å². The Bertz CT molecular complexity index is 451. The fourth-order valence-electron chi connectivity index (χ4n) is 2.74. The molecule has 0 spiro atoms. The third kappa shape index (κ3) is 5.64. The summed E-state index contributed by atoms with van der Waals surface area (Å²) in [6.45, 7) is 8.47. The van der Waals surface area contributed by atoms with E-state index < -0.39 is 0 Å². The van der Waals surface area contributed by atoms with E-state index in [2.05, 4.69) is 34.0 Å². The van der Waals surface area contributed by atoms with Gasteiger partial charge in [-0.05, 0) is 50.9 Å². The van der Waals surface area contributed by atoms with Crippen LogP contribution in [0.1, 0.15) is 32.4 Å².